The number of aromatic nitrogens is 4. The fourth-order valence-corrected chi connectivity index (χ4v) is 8.00. The number of methoxy groups -OCH3 is 1. The summed E-state index contributed by atoms with van der Waals surface area (Å²) < 4.78 is 4.97. The van der Waals surface area contributed by atoms with Gasteiger partial charge in [-0.05, 0) is 75.3 Å². The maximum Gasteiger partial charge on any atom is 0.305 e. The Bertz CT molecular complexity index is 1950. The topological polar surface area (TPSA) is 161 Å². The maximum absolute atomic E-state index is 13.7. The summed E-state index contributed by atoms with van der Waals surface area (Å²) in [6.45, 7) is 13.2. The molecule has 2 aliphatic heterocycles. The predicted molar refractivity (Wildman–Crippen MR) is 179 cm³/mol. The van der Waals surface area contributed by atoms with Crippen LogP contribution in [-0.4, -0.2) is 54.1 Å². The summed E-state index contributed by atoms with van der Waals surface area (Å²) in [7, 11) is 1.38. The molecule has 5 heterocycles. The van der Waals surface area contributed by atoms with Crippen LogP contribution in [0.3, 0.4) is 0 Å². The number of ether oxygens (including phenoxy) is 1. The van der Waals surface area contributed by atoms with Crippen LogP contribution in [0.5, 0.6) is 0 Å². The molecule has 5 N–H and O–H groups in total. The van der Waals surface area contributed by atoms with Gasteiger partial charge in [-0.25, -0.2) is 0 Å². The molecule has 8 bridgehead atoms. The van der Waals surface area contributed by atoms with Gasteiger partial charge in [-0.15, -0.1) is 0 Å². The number of aliphatic hydroxyl groups is 3. The second kappa shape index (κ2) is 11.7. The van der Waals surface area contributed by atoms with Gasteiger partial charge in [0.05, 0.1) is 35.8 Å². The molecule has 250 valence electrons. The number of rotatable bonds is 7. The zero-order valence-corrected chi connectivity index (χ0v) is 28.5. The summed E-state index contributed by atoms with van der Waals surface area (Å²) in [6, 6.07) is 5.45. The molecule has 6 rings (SSSR count). The second-order valence-electron chi connectivity index (χ2n) is 14.1. The number of aryl methyl sites for hydroxylation is 2. The molecule has 1 unspecified atom stereocenters. The van der Waals surface area contributed by atoms with Gasteiger partial charge in [0.1, 0.15) is 11.2 Å². The van der Waals surface area contributed by atoms with Crippen LogP contribution in [-0.2, 0) is 33.6 Å². The quantitative estimate of drug-likeness (QED) is 0.197. The minimum atomic E-state index is -1.76. The van der Waals surface area contributed by atoms with Gasteiger partial charge >= 0.3 is 5.97 Å². The standard InChI is InChI=1S/C37H46N4O6/c1-9-21-26-14-30-37(46,16-17(2)3)36(7,45)29(41-30)15-27-32(20(6)42)19(5)25(38-27)13-24-18(4)22(10-11-31(44)47-8)34(39-24)23-12-28(43)33(21)35(23)40-26/h13-15,17-18,20,22,38,40,42,45-46H,9-12,16H2,1-8H3/t18-,20?,22-,36+,37-/m0/s1. The number of carbonyl (C=O) groups excluding carboxylic acids is 2. The van der Waals surface area contributed by atoms with E-state index in [0.29, 0.717) is 46.2 Å². The molecule has 3 aliphatic rings. The molecule has 0 fully saturated rings. The van der Waals surface area contributed by atoms with Crippen molar-refractivity contribution in [1.82, 2.24) is 19.9 Å². The molecular weight excluding hydrogens is 596 g/mol. The molecule has 10 heteroatoms. The Hall–Kier alpha value is -3.86. The lowest BCUT2D eigenvalue weighted by Gasteiger charge is -2.36. The van der Waals surface area contributed by atoms with Crippen molar-refractivity contribution in [2.45, 2.75) is 110 Å². The van der Waals surface area contributed by atoms with Crippen LogP contribution in [0.2, 0.25) is 0 Å². The molecule has 47 heavy (non-hydrogen) atoms. The lowest BCUT2D eigenvalue weighted by atomic mass is 9.76. The van der Waals surface area contributed by atoms with Crippen molar-refractivity contribution in [1.29, 1.82) is 0 Å². The number of ketones is 1. The Kier molecular flexibility index (Phi) is 8.22. The van der Waals surface area contributed by atoms with Gasteiger partial charge in [-0.2, -0.15) is 0 Å². The van der Waals surface area contributed by atoms with E-state index in [4.69, 9.17) is 14.7 Å². The number of nitrogens with one attached hydrogen (secondary N) is 2. The number of aliphatic hydroxyl groups excluding tert-OH is 1. The summed E-state index contributed by atoms with van der Waals surface area (Å²) in [6.07, 6.45) is 0.888. The van der Waals surface area contributed by atoms with Gasteiger partial charge in [0.25, 0.3) is 0 Å². The first kappa shape index (κ1) is 33.1. The van der Waals surface area contributed by atoms with Crippen LogP contribution in [0.4, 0.5) is 0 Å². The van der Waals surface area contributed by atoms with E-state index < -0.39 is 17.3 Å². The van der Waals surface area contributed by atoms with Crippen molar-refractivity contribution in [2.24, 2.45) is 5.92 Å². The summed E-state index contributed by atoms with van der Waals surface area (Å²) in [4.78, 5) is 43.0. The molecule has 3 aromatic rings. The molecule has 0 aromatic carbocycles. The smallest absolute Gasteiger partial charge is 0.305 e. The minimum absolute atomic E-state index is 0.00631. The molecule has 0 saturated heterocycles. The van der Waals surface area contributed by atoms with Gasteiger partial charge in [0.15, 0.2) is 5.78 Å². The monoisotopic (exact) mass is 642 g/mol. The van der Waals surface area contributed by atoms with E-state index >= 15 is 0 Å². The van der Waals surface area contributed by atoms with Gasteiger partial charge < -0.3 is 30.0 Å². The van der Waals surface area contributed by atoms with E-state index in [1.54, 1.807) is 26.0 Å². The van der Waals surface area contributed by atoms with E-state index in [-0.39, 0.29) is 54.5 Å². The number of fused-ring (bicyclic) bond motifs is 8. The minimum Gasteiger partial charge on any atom is -0.469 e. The number of esters is 1. The fraction of sp³-hybridized carbons (Fsp3) is 0.514. The number of aromatic amines is 2. The number of hydrogen-bond acceptors (Lipinski definition) is 8. The molecule has 0 amide bonds. The first-order valence-corrected chi connectivity index (χ1v) is 16.7. The van der Waals surface area contributed by atoms with E-state index in [0.717, 1.165) is 33.6 Å². The highest BCUT2D eigenvalue weighted by Crippen LogP contribution is 2.49. The fourth-order valence-electron chi connectivity index (χ4n) is 8.00. The van der Waals surface area contributed by atoms with Crippen LogP contribution >= 0.6 is 0 Å². The van der Waals surface area contributed by atoms with Gasteiger partial charge in [0, 0.05) is 63.6 Å². The lowest BCUT2D eigenvalue weighted by molar-refractivity contribution is -0.156. The highest BCUT2D eigenvalue weighted by molar-refractivity contribution is 6.13. The van der Waals surface area contributed by atoms with Gasteiger partial charge in [0.2, 0.25) is 0 Å². The van der Waals surface area contributed by atoms with Crippen molar-refractivity contribution >= 4 is 33.8 Å². The van der Waals surface area contributed by atoms with Crippen LogP contribution in [0.15, 0.2) is 18.2 Å². The third kappa shape index (κ3) is 5.12. The summed E-state index contributed by atoms with van der Waals surface area (Å²) in [5, 5.41) is 35.3. The van der Waals surface area contributed by atoms with Gasteiger partial charge in [-0.1, -0.05) is 27.7 Å². The summed E-state index contributed by atoms with van der Waals surface area (Å²) in [5.41, 5.74) is 5.08. The van der Waals surface area contributed by atoms with Crippen LogP contribution in [0, 0.1) is 12.8 Å². The van der Waals surface area contributed by atoms with E-state index in [9.17, 15) is 24.9 Å². The third-order valence-electron chi connectivity index (χ3n) is 10.6. The largest absolute Gasteiger partial charge is 0.469 e. The third-order valence-corrected chi connectivity index (χ3v) is 10.6. The van der Waals surface area contributed by atoms with Gasteiger partial charge in [-0.3, -0.25) is 19.6 Å². The molecule has 10 nitrogen and oxygen atoms in total. The van der Waals surface area contributed by atoms with Crippen molar-refractivity contribution < 1.29 is 29.6 Å². The second-order valence-corrected chi connectivity index (χ2v) is 14.1. The zero-order chi connectivity index (χ0) is 34.2. The normalized spacial score (nSPS) is 24.3. The van der Waals surface area contributed by atoms with Crippen LogP contribution < -0.4 is 0 Å². The van der Waals surface area contributed by atoms with E-state index in [1.165, 1.54) is 7.11 Å². The Morgan fingerprint density at radius 3 is 2.43 bits per heavy atom. The van der Waals surface area contributed by atoms with Crippen molar-refractivity contribution in [3.8, 4) is 0 Å². The first-order chi connectivity index (χ1) is 22.1. The van der Waals surface area contributed by atoms with Crippen molar-refractivity contribution in [3.05, 3.63) is 68.8 Å². The predicted octanol–water partition coefficient (Wildman–Crippen LogP) is 5.96. The number of Topliss-reactive ketones (excluding diaryl/α,β-unsaturated/α-hetero) is 1. The first-order valence-electron chi connectivity index (χ1n) is 16.7. The Morgan fingerprint density at radius 1 is 1.09 bits per heavy atom. The molecular formula is C37H46N4O6. The lowest BCUT2D eigenvalue weighted by Crippen LogP contribution is -2.44. The Labute approximate surface area is 274 Å². The average Bonchev–Trinajstić information content (AvgIpc) is 3.73. The molecule has 0 saturated carbocycles. The highest BCUT2D eigenvalue weighted by atomic mass is 16.5. The average molecular weight is 643 g/mol. The van der Waals surface area contributed by atoms with Crippen LogP contribution in [0.1, 0.15) is 134 Å². The maximum atomic E-state index is 13.7. The number of nitrogens with zero attached hydrogens (tertiary/aromatic N) is 2. The molecule has 3 aromatic heterocycles. The van der Waals surface area contributed by atoms with E-state index in [2.05, 4.69) is 16.9 Å². The number of hydrogen-bond donors (Lipinski definition) is 5. The van der Waals surface area contributed by atoms with Crippen LogP contribution in [0.25, 0.3) is 22.1 Å². The molecule has 0 spiro atoms. The van der Waals surface area contributed by atoms with Crippen molar-refractivity contribution in [3.63, 3.8) is 0 Å². The van der Waals surface area contributed by atoms with Crippen molar-refractivity contribution in [2.75, 3.05) is 7.11 Å². The Morgan fingerprint density at radius 2 is 1.79 bits per heavy atom. The SMILES string of the molecule is CCc1c2c3[nH]c1cc1nc(cc4[nH]c(cc5nc(c3CC2=O)[C@@H](CCC(=O)OC)[C@@H]5C)c(C)c4C(C)O)[C@@](C)(O)[C@]1(O)CC(C)C. The molecule has 1 aliphatic carbocycles. The number of carbonyl (C=O) groups is 2. The Balaban J connectivity index is 1.78. The summed E-state index contributed by atoms with van der Waals surface area (Å²) in [5.74, 6) is -0.489. The zero-order valence-electron chi connectivity index (χ0n) is 28.5. The summed E-state index contributed by atoms with van der Waals surface area (Å²) >= 11 is 0. The highest BCUT2D eigenvalue weighted by Gasteiger charge is 2.54. The molecule has 5 atom stereocenters. The molecule has 0 radical (unpaired) electrons. The van der Waals surface area contributed by atoms with E-state index in [1.807, 2.05) is 33.8 Å². The number of H-pyrrole nitrogens is 2.